The molecule has 1 heterocycles. The Morgan fingerprint density at radius 2 is 1.67 bits per heavy atom. The molecule has 0 aromatic carbocycles. The van der Waals surface area contributed by atoms with Crippen molar-refractivity contribution in [1.29, 1.82) is 0 Å². The van der Waals surface area contributed by atoms with Crippen molar-refractivity contribution in [3.05, 3.63) is 0 Å². The number of hydrogen-bond acceptors (Lipinski definition) is 3. The fraction of sp³-hybridized carbons (Fsp3) is 1.00. The second kappa shape index (κ2) is 5.51. The zero-order chi connectivity index (χ0) is 8.81. The first kappa shape index (κ1) is 9.96. The molecule has 0 unspecified atom stereocenters. The minimum Gasteiger partial charge on any atom is -0.394 e. The monoisotopic (exact) mass is 173 g/mol. The summed E-state index contributed by atoms with van der Waals surface area (Å²) in [5, 5.41) is 17.9. The number of β-amino-alcohol motifs (C(OH)–C–C–N with tert-alkyl or cyclic N) is 1. The van der Waals surface area contributed by atoms with Gasteiger partial charge in [0.2, 0.25) is 0 Å². The van der Waals surface area contributed by atoms with Gasteiger partial charge < -0.3 is 15.1 Å². The molecule has 0 aromatic rings. The summed E-state index contributed by atoms with van der Waals surface area (Å²) < 4.78 is 0. The summed E-state index contributed by atoms with van der Waals surface area (Å²) in [4.78, 5) is 2.24. The maximum atomic E-state index is 9.21. The molecule has 1 rings (SSSR count). The van der Waals surface area contributed by atoms with Gasteiger partial charge in [-0.3, -0.25) is 0 Å². The van der Waals surface area contributed by atoms with E-state index in [1.807, 2.05) is 0 Å². The Hall–Kier alpha value is -0.120. The average Bonchev–Trinajstić information content (AvgIpc) is 2.33. The van der Waals surface area contributed by atoms with E-state index < -0.39 is 6.10 Å². The van der Waals surface area contributed by atoms with Crippen molar-refractivity contribution in [2.75, 3.05) is 26.2 Å². The van der Waals surface area contributed by atoms with Crippen LogP contribution in [0.15, 0.2) is 0 Å². The molecule has 2 N–H and O–H groups in total. The van der Waals surface area contributed by atoms with Crippen LogP contribution in [0.5, 0.6) is 0 Å². The lowest BCUT2D eigenvalue weighted by atomic mass is 10.2. The van der Waals surface area contributed by atoms with E-state index >= 15 is 0 Å². The van der Waals surface area contributed by atoms with Crippen molar-refractivity contribution in [2.24, 2.45) is 0 Å². The summed E-state index contributed by atoms with van der Waals surface area (Å²) in [6, 6.07) is 0. The summed E-state index contributed by atoms with van der Waals surface area (Å²) in [5.74, 6) is 0. The van der Waals surface area contributed by atoms with Gasteiger partial charge in [-0.25, -0.2) is 0 Å². The molecule has 0 bridgehead atoms. The lowest BCUT2D eigenvalue weighted by Crippen LogP contribution is -2.34. The molecule has 1 atom stereocenters. The first-order valence-corrected chi connectivity index (χ1v) is 4.84. The minimum atomic E-state index is -0.553. The summed E-state index contributed by atoms with van der Waals surface area (Å²) in [5.41, 5.74) is 0. The van der Waals surface area contributed by atoms with E-state index in [1.54, 1.807) is 0 Å². The average molecular weight is 173 g/mol. The number of likely N-dealkylation sites (tertiary alicyclic amines) is 1. The largest absolute Gasteiger partial charge is 0.394 e. The third-order valence-electron chi connectivity index (χ3n) is 2.38. The van der Waals surface area contributed by atoms with Gasteiger partial charge in [-0.15, -0.1) is 0 Å². The molecule has 3 nitrogen and oxygen atoms in total. The molecule has 1 aliphatic rings. The molecule has 1 fully saturated rings. The molecule has 0 saturated carbocycles. The summed E-state index contributed by atoms with van der Waals surface area (Å²) in [6.07, 6.45) is 4.54. The standard InChI is InChI=1S/C9H19NO2/c11-8-9(12)7-10-5-3-1-2-4-6-10/h9,11-12H,1-8H2/t9-/m0/s1. The number of hydrogen-bond donors (Lipinski definition) is 2. The minimum absolute atomic E-state index is 0.115. The molecular weight excluding hydrogens is 154 g/mol. The van der Waals surface area contributed by atoms with Gasteiger partial charge in [0.05, 0.1) is 12.7 Å². The molecule has 0 aromatic heterocycles. The molecule has 12 heavy (non-hydrogen) atoms. The van der Waals surface area contributed by atoms with Crippen molar-refractivity contribution in [3.8, 4) is 0 Å². The van der Waals surface area contributed by atoms with Gasteiger partial charge in [-0.2, -0.15) is 0 Å². The van der Waals surface area contributed by atoms with Crippen molar-refractivity contribution in [3.63, 3.8) is 0 Å². The lowest BCUT2D eigenvalue weighted by Gasteiger charge is -2.21. The van der Waals surface area contributed by atoms with E-state index in [1.165, 1.54) is 25.7 Å². The van der Waals surface area contributed by atoms with Crippen LogP contribution < -0.4 is 0 Å². The van der Waals surface area contributed by atoms with Gasteiger partial charge in [-0.1, -0.05) is 12.8 Å². The predicted molar refractivity (Wildman–Crippen MR) is 48.0 cm³/mol. The SMILES string of the molecule is OC[C@@H](O)CN1CCCCCC1. The Morgan fingerprint density at radius 3 is 2.17 bits per heavy atom. The highest BCUT2D eigenvalue weighted by Crippen LogP contribution is 2.09. The van der Waals surface area contributed by atoms with Crippen molar-refractivity contribution >= 4 is 0 Å². The second-order valence-corrected chi connectivity index (χ2v) is 3.55. The van der Waals surface area contributed by atoms with E-state index in [9.17, 15) is 5.11 Å². The van der Waals surface area contributed by atoms with E-state index in [2.05, 4.69) is 4.90 Å². The molecule has 0 radical (unpaired) electrons. The normalized spacial score (nSPS) is 23.5. The highest BCUT2D eigenvalue weighted by atomic mass is 16.3. The van der Waals surface area contributed by atoms with Gasteiger partial charge in [0, 0.05) is 6.54 Å². The Bertz CT molecular complexity index is 111. The van der Waals surface area contributed by atoms with Crippen molar-refractivity contribution in [1.82, 2.24) is 4.90 Å². The van der Waals surface area contributed by atoms with Crippen molar-refractivity contribution in [2.45, 2.75) is 31.8 Å². The quantitative estimate of drug-likeness (QED) is 0.641. The van der Waals surface area contributed by atoms with Crippen LogP contribution in [0, 0.1) is 0 Å². The fourth-order valence-electron chi connectivity index (χ4n) is 1.67. The third-order valence-corrected chi connectivity index (χ3v) is 2.38. The van der Waals surface area contributed by atoms with Crippen LogP contribution in [0.25, 0.3) is 0 Å². The highest BCUT2D eigenvalue weighted by molar-refractivity contribution is 4.66. The van der Waals surface area contributed by atoms with Gasteiger partial charge in [0.1, 0.15) is 0 Å². The molecule has 0 spiro atoms. The Morgan fingerprint density at radius 1 is 1.08 bits per heavy atom. The maximum absolute atomic E-state index is 9.21. The zero-order valence-corrected chi connectivity index (χ0v) is 7.58. The molecule has 0 aliphatic carbocycles. The van der Waals surface area contributed by atoms with Crippen LogP contribution in [-0.4, -0.2) is 47.5 Å². The molecular formula is C9H19NO2. The van der Waals surface area contributed by atoms with E-state index in [0.29, 0.717) is 6.54 Å². The fourth-order valence-corrected chi connectivity index (χ4v) is 1.67. The molecule has 1 saturated heterocycles. The molecule has 0 amide bonds. The Kier molecular flexibility index (Phi) is 4.58. The van der Waals surface area contributed by atoms with Crippen LogP contribution in [-0.2, 0) is 0 Å². The van der Waals surface area contributed by atoms with Gasteiger partial charge in [-0.05, 0) is 25.9 Å². The van der Waals surface area contributed by atoms with Gasteiger partial charge in [0.25, 0.3) is 0 Å². The van der Waals surface area contributed by atoms with Crippen molar-refractivity contribution < 1.29 is 10.2 Å². The number of aliphatic hydroxyl groups is 2. The second-order valence-electron chi connectivity index (χ2n) is 3.55. The van der Waals surface area contributed by atoms with Crippen LogP contribution in [0.2, 0.25) is 0 Å². The lowest BCUT2D eigenvalue weighted by molar-refractivity contribution is 0.0602. The molecule has 1 aliphatic heterocycles. The van der Waals surface area contributed by atoms with Crippen LogP contribution in [0.1, 0.15) is 25.7 Å². The van der Waals surface area contributed by atoms with E-state index in [0.717, 1.165) is 13.1 Å². The zero-order valence-electron chi connectivity index (χ0n) is 7.58. The number of rotatable bonds is 3. The van der Waals surface area contributed by atoms with E-state index in [4.69, 9.17) is 5.11 Å². The summed E-state index contributed by atoms with van der Waals surface area (Å²) in [6.45, 7) is 2.68. The third kappa shape index (κ3) is 3.52. The Labute approximate surface area is 74.0 Å². The summed E-state index contributed by atoms with van der Waals surface area (Å²) >= 11 is 0. The maximum Gasteiger partial charge on any atom is 0.0897 e. The number of nitrogens with zero attached hydrogens (tertiary/aromatic N) is 1. The topological polar surface area (TPSA) is 43.7 Å². The highest BCUT2D eigenvalue weighted by Gasteiger charge is 2.12. The first-order chi connectivity index (χ1) is 5.83. The Balaban J connectivity index is 2.20. The van der Waals surface area contributed by atoms with Crippen LogP contribution in [0.3, 0.4) is 0 Å². The number of aliphatic hydroxyl groups excluding tert-OH is 2. The van der Waals surface area contributed by atoms with Crippen LogP contribution >= 0.6 is 0 Å². The molecule has 72 valence electrons. The van der Waals surface area contributed by atoms with Gasteiger partial charge >= 0.3 is 0 Å². The van der Waals surface area contributed by atoms with Crippen LogP contribution in [0.4, 0.5) is 0 Å². The van der Waals surface area contributed by atoms with E-state index in [-0.39, 0.29) is 6.61 Å². The summed E-state index contributed by atoms with van der Waals surface area (Å²) in [7, 11) is 0. The smallest absolute Gasteiger partial charge is 0.0897 e. The predicted octanol–water partition coefficient (Wildman–Crippen LogP) is 0.216. The first-order valence-electron chi connectivity index (χ1n) is 4.84. The molecule has 3 heteroatoms. The van der Waals surface area contributed by atoms with Gasteiger partial charge in [0.15, 0.2) is 0 Å².